The van der Waals surface area contributed by atoms with E-state index >= 15 is 0 Å². The van der Waals surface area contributed by atoms with Gasteiger partial charge in [0.25, 0.3) is 10.0 Å². The lowest BCUT2D eigenvalue weighted by atomic mass is 10.1. The van der Waals surface area contributed by atoms with Crippen LogP contribution in [-0.2, 0) is 20.9 Å². The second kappa shape index (κ2) is 6.87. The van der Waals surface area contributed by atoms with Crippen molar-refractivity contribution >= 4 is 21.7 Å². The van der Waals surface area contributed by atoms with Crippen LogP contribution in [0.25, 0.3) is 0 Å². The van der Waals surface area contributed by atoms with Crippen LogP contribution in [0.15, 0.2) is 41.3 Å². The number of anilines is 1. The van der Waals surface area contributed by atoms with Crippen molar-refractivity contribution in [2.24, 2.45) is 0 Å². The zero-order chi connectivity index (χ0) is 19.7. The number of methoxy groups -OCH3 is 1. The summed E-state index contributed by atoms with van der Waals surface area (Å²) in [4.78, 5) is 11.3. The second-order valence-corrected chi connectivity index (χ2v) is 6.96. The van der Waals surface area contributed by atoms with Gasteiger partial charge >= 0.3 is 12.1 Å². The van der Waals surface area contributed by atoms with Crippen LogP contribution < -0.4 is 4.72 Å². The number of esters is 1. The Kier molecular flexibility index (Phi) is 5.17. The highest BCUT2D eigenvalue weighted by atomic mass is 32.2. The number of aryl methyl sites for hydroxylation is 1. The lowest BCUT2D eigenvalue weighted by molar-refractivity contribution is -0.138. The van der Waals surface area contributed by atoms with Crippen LogP contribution >= 0.6 is 0 Å². The predicted molar refractivity (Wildman–Crippen MR) is 86.4 cm³/mol. The molecule has 2 aromatic carbocycles. The second-order valence-electron chi connectivity index (χ2n) is 5.31. The third-order valence-electron chi connectivity index (χ3n) is 3.45. The molecule has 0 saturated carbocycles. The summed E-state index contributed by atoms with van der Waals surface area (Å²) in [7, 11) is -3.16. The maximum atomic E-state index is 12.8. The van der Waals surface area contributed by atoms with Crippen LogP contribution in [0.3, 0.4) is 0 Å². The Bertz CT molecular complexity index is 955. The predicted octanol–water partition coefficient (Wildman–Crippen LogP) is 3.31. The van der Waals surface area contributed by atoms with Crippen LogP contribution in [0.4, 0.5) is 18.9 Å². The first-order chi connectivity index (χ1) is 12.0. The van der Waals surface area contributed by atoms with E-state index in [0.717, 1.165) is 25.3 Å². The summed E-state index contributed by atoms with van der Waals surface area (Å²) in [5.74, 6) is -1.78. The molecule has 26 heavy (non-hydrogen) atoms. The Hall–Kier alpha value is -2.75. The molecule has 0 heterocycles. The van der Waals surface area contributed by atoms with Gasteiger partial charge in [-0.3, -0.25) is 4.72 Å². The molecular formula is C16H14F3NO5S. The zero-order valence-electron chi connectivity index (χ0n) is 13.6. The number of phenols is 1. The van der Waals surface area contributed by atoms with Crippen molar-refractivity contribution < 1.29 is 36.2 Å². The first-order valence-corrected chi connectivity index (χ1v) is 8.56. The minimum absolute atomic E-state index is 0.0276. The molecule has 2 rings (SSSR count). The molecule has 0 aliphatic carbocycles. The molecule has 140 valence electrons. The van der Waals surface area contributed by atoms with Crippen LogP contribution in [0.5, 0.6) is 5.75 Å². The summed E-state index contributed by atoms with van der Waals surface area (Å²) in [5, 5.41) is 9.31. The molecule has 6 nitrogen and oxygen atoms in total. The molecule has 0 atom stereocenters. The first-order valence-electron chi connectivity index (χ1n) is 7.07. The van der Waals surface area contributed by atoms with Gasteiger partial charge in [0.05, 0.1) is 23.1 Å². The van der Waals surface area contributed by atoms with Gasteiger partial charge in [0.15, 0.2) is 0 Å². The average molecular weight is 389 g/mol. The van der Waals surface area contributed by atoms with Crippen LogP contribution in [0.2, 0.25) is 0 Å². The van der Waals surface area contributed by atoms with E-state index < -0.39 is 39.2 Å². The Morgan fingerprint density at radius 1 is 1.15 bits per heavy atom. The van der Waals surface area contributed by atoms with E-state index in [0.29, 0.717) is 6.07 Å². The van der Waals surface area contributed by atoms with Gasteiger partial charge in [0.1, 0.15) is 5.75 Å². The molecule has 0 saturated heterocycles. The maximum Gasteiger partial charge on any atom is 0.420 e. The van der Waals surface area contributed by atoms with Gasteiger partial charge in [-0.1, -0.05) is 6.07 Å². The molecule has 0 aliphatic rings. The highest BCUT2D eigenvalue weighted by molar-refractivity contribution is 7.92. The number of carbonyl (C=O) groups is 1. The van der Waals surface area contributed by atoms with Crippen molar-refractivity contribution in [2.75, 3.05) is 11.8 Å². The monoisotopic (exact) mass is 389 g/mol. The third kappa shape index (κ3) is 4.07. The molecule has 0 aliphatic heterocycles. The minimum atomic E-state index is -4.85. The van der Waals surface area contributed by atoms with E-state index in [4.69, 9.17) is 0 Å². The number of nitrogens with one attached hydrogen (secondary N) is 1. The van der Waals surface area contributed by atoms with Crippen molar-refractivity contribution in [1.29, 1.82) is 0 Å². The summed E-state index contributed by atoms with van der Waals surface area (Å²) in [5.41, 5.74) is -1.52. The Balaban J connectivity index is 2.46. The molecule has 10 heteroatoms. The topological polar surface area (TPSA) is 92.7 Å². The van der Waals surface area contributed by atoms with E-state index in [9.17, 15) is 31.5 Å². The fraction of sp³-hybridized carbons (Fsp3) is 0.188. The van der Waals surface area contributed by atoms with E-state index in [-0.39, 0.29) is 16.0 Å². The molecule has 0 bridgehead atoms. The Morgan fingerprint density at radius 3 is 2.38 bits per heavy atom. The van der Waals surface area contributed by atoms with Gasteiger partial charge in [-0.15, -0.1) is 0 Å². The van der Waals surface area contributed by atoms with E-state index in [1.54, 1.807) is 0 Å². The van der Waals surface area contributed by atoms with Gasteiger partial charge < -0.3 is 9.84 Å². The van der Waals surface area contributed by atoms with Crippen LogP contribution in [0, 0.1) is 6.92 Å². The average Bonchev–Trinajstić information content (AvgIpc) is 2.55. The van der Waals surface area contributed by atoms with Crippen molar-refractivity contribution in [3.63, 3.8) is 0 Å². The highest BCUT2D eigenvalue weighted by Gasteiger charge is 2.34. The summed E-state index contributed by atoms with van der Waals surface area (Å²) in [6.07, 6.45) is -4.85. The van der Waals surface area contributed by atoms with Crippen LogP contribution in [-0.4, -0.2) is 26.6 Å². The third-order valence-corrected chi connectivity index (χ3v) is 4.98. The number of phenolic OH excluding ortho intramolecular Hbond substituents is 1. The minimum Gasteiger partial charge on any atom is -0.507 e. The lowest BCUT2D eigenvalue weighted by Crippen LogP contribution is -2.16. The van der Waals surface area contributed by atoms with E-state index in [2.05, 4.69) is 4.74 Å². The zero-order valence-corrected chi connectivity index (χ0v) is 14.4. The number of rotatable bonds is 4. The number of hydrogen-bond donors (Lipinski definition) is 2. The summed E-state index contributed by atoms with van der Waals surface area (Å²) in [6.45, 7) is 1.47. The van der Waals surface area contributed by atoms with Crippen LogP contribution in [0.1, 0.15) is 21.5 Å². The van der Waals surface area contributed by atoms with Gasteiger partial charge in [0.2, 0.25) is 0 Å². The molecule has 0 aromatic heterocycles. The van der Waals surface area contributed by atoms with Crippen molar-refractivity contribution in [1.82, 2.24) is 0 Å². The maximum absolute atomic E-state index is 12.8. The molecule has 2 N–H and O–H groups in total. The number of aromatic hydroxyl groups is 1. The van der Waals surface area contributed by atoms with Crippen molar-refractivity contribution in [2.45, 2.75) is 18.0 Å². The number of hydrogen-bond acceptors (Lipinski definition) is 5. The Morgan fingerprint density at radius 2 is 1.81 bits per heavy atom. The SMILES string of the molecule is COC(=O)c1ccc(C)c(S(=O)(=O)Nc2ccc(O)c(C(F)(F)F)c2)c1. The molecular weight excluding hydrogens is 375 g/mol. The fourth-order valence-corrected chi connectivity index (χ4v) is 3.49. The Labute approximate surface area is 147 Å². The summed E-state index contributed by atoms with van der Waals surface area (Å²) >= 11 is 0. The smallest absolute Gasteiger partial charge is 0.420 e. The quantitative estimate of drug-likeness (QED) is 0.618. The van der Waals surface area contributed by atoms with E-state index in [1.165, 1.54) is 19.1 Å². The highest BCUT2D eigenvalue weighted by Crippen LogP contribution is 2.37. The standard InChI is InChI=1S/C16H14F3NO5S/c1-9-3-4-10(15(22)25-2)7-14(9)26(23,24)20-11-5-6-13(21)12(8-11)16(17,18)19/h3-8,20-21H,1-2H3. The number of benzene rings is 2. The lowest BCUT2D eigenvalue weighted by Gasteiger charge is -2.14. The molecule has 0 spiro atoms. The van der Waals surface area contributed by atoms with Gasteiger partial charge in [-0.2, -0.15) is 13.2 Å². The van der Waals surface area contributed by atoms with E-state index in [1.807, 2.05) is 4.72 Å². The molecule has 0 radical (unpaired) electrons. The van der Waals surface area contributed by atoms with Gasteiger partial charge in [0, 0.05) is 5.69 Å². The number of halogens is 3. The normalized spacial score (nSPS) is 11.9. The molecule has 0 amide bonds. The summed E-state index contributed by atoms with van der Waals surface area (Å²) < 4.78 is 70.1. The molecule has 0 unspecified atom stereocenters. The number of sulfonamides is 1. The molecule has 0 fully saturated rings. The van der Waals surface area contributed by atoms with Crippen molar-refractivity contribution in [3.8, 4) is 5.75 Å². The number of ether oxygens (including phenoxy) is 1. The first kappa shape index (κ1) is 19.6. The largest absolute Gasteiger partial charge is 0.507 e. The van der Waals surface area contributed by atoms with Crippen molar-refractivity contribution in [3.05, 3.63) is 53.1 Å². The summed E-state index contributed by atoms with van der Waals surface area (Å²) in [6, 6.07) is 6.00. The number of carbonyl (C=O) groups excluding carboxylic acids is 1. The van der Waals surface area contributed by atoms with Gasteiger partial charge in [-0.05, 0) is 42.8 Å². The molecule has 2 aromatic rings. The number of alkyl halides is 3. The van der Waals surface area contributed by atoms with Gasteiger partial charge in [-0.25, -0.2) is 13.2 Å². The fourth-order valence-electron chi connectivity index (χ4n) is 2.17.